The Kier molecular flexibility index (Phi) is 8.31. The van der Waals surface area contributed by atoms with Gasteiger partial charge in [-0.1, -0.05) is 23.2 Å². The van der Waals surface area contributed by atoms with E-state index in [1.165, 1.54) is 29.2 Å². The van der Waals surface area contributed by atoms with Crippen LogP contribution < -0.4 is 11.5 Å². The minimum atomic E-state index is -0.585. The standard InChI is InChI=1S/C8H6ClFN4.C5H2BrClFN.C3H5N3/c9-8-6(10)3-5(4-12-8)14-2-1-7(11)13-14;6-3-1-4(8)5(7)9-2-3;4-3-1-2-5-6-3/h1-4H,(H2,11,13);1-2H;1-2H,(H3,4,5,6). The van der Waals surface area contributed by atoms with Crippen LogP contribution in [0.25, 0.3) is 5.69 Å². The van der Waals surface area contributed by atoms with Gasteiger partial charge in [0.2, 0.25) is 0 Å². The van der Waals surface area contributed by atoms with Crippen molar-refractivity contribution in [2.45, 2.75) is 0 Å². The third kappa shape index (κ3) is 7.29. The fraction of sp³-hybridized carbons (Fsp3) is 0. The minimum absolute atomic E-state index is 0.0989. The number of nitrogens with zero attached hydrogens (tertiary/aromatic N) is 5. The van der Waals surface area contributed by atoms with Gasteiger partial charge in [-0.25, -0.2) is 23.4 Å². The SMILES string of the molecule is Fc1cc(Br)cnc1Cl.Nc1ccn(-c2cnc(Cl)c(F)c2)n1.Nc1ccn[nH]1. The molecule has 0 aliphatic heterocycles. The Labute approximate surface area is 182 Å². The summed E-state index contributed by atoms with van der Waals surface area (Å²) in [5.41, 5.74) is 11.0. The molecule has 0 aliphatic carbocycles. The Morgan fingerprint density at radius 3 is 2.07 bits per heavy atom. The lowest BCUT2D eigenvalue weighted by atomic mass is 10.4. The molecule has 0 aromatic carbocycles. The predicted molar refractivity (Wildman–Crippen MR) is 111 cm³/mol. The maximum absolute atomic E-state index is 13.0. The van der Waals surface area contributed by atoms with E-state index < -0.39 is 11.6 Å². The fourth-order valence-corrected chi connectivity index (χ4v) is 2.19. The van der Waals surface area contributed by atoms with Crippen molar-refractivity contribution in [1.29, 1.82) is 0 Å². The van der Waals surface area contributed by atoms with Gasteiger partial charge in [0.15, 0.2) is 21.9 Å². The lowest BCUT2D eigenvalue weighted by molar-refractivity contribution is 0.619. The van der Waals surface area contributed by atoms with Crippen LogP contribution in [0, 0.1) is 11.6 Å². The number of H-pyrrole nitrogens is 1. The topological polar surface area (TPSA) is 124 Å². The molecule has 0 aliphatic rings. The molecule has 13 heteroatoms. The summed E-state index contributed by atoms with van der Waals surface area (Å²) < 4.78 is 27.4. The van der Waals surface area contributed by atoms with Crippen molar-refractivity contribution < 1.29 is 8.78 Å². The molecule has 152 valence electrons. The monoisotopic (exact) mass is 504 g/mol. The maximum Gasteiger partial charge on any atom is 0.164 e. The first-order valence-corrected chi connectivity index (χ1v) is 9.15. The molecule has 0 saturated carbocycles. The predicted octanol–water partition coefficient (Wildman–Crippen LogP) is 4.27. The molecule has 8 nitrogen and oxygen atoms in total. The summed E-state index contributed by atoms with van der Waals surface area (Å²) >= 11 is 13.7. The van der Waals surface area contributed by atoms with Gasteiger partial charge in [0.05, 0.1) is 18.1 Å². The van der Waals surface area contributed by atoms with Gasteiger partial charge < -0.3 is 11.5 Å². The minimum Gasteiger partial charge on any atom is -0.384 e. The van der Waals surface area contributed by atoms with Gasteiger partial charge in [0.25, 0.3) is 0 Å². The van der Waals surface area contributed by atoms with Crippen molar-refractivity contribution in [1.82, 2.24) is 29.9 Å². The second-order valence-corrected chi connectivity index (χ2v) is 6.72. The van der Waals surface area contributed by atoms with Crippen molar-refractivity contribution in [2.24, 2.45) is 0 Å². The van der Waals surface area contributed by atoms with E-state index in [9.17, 15) is 8.78 Å². The molecule has 5 N–H and O–H groups in total. The van der Waals surface area contributed by atoms with Crippen LogP contribution in [-0.4, -0.2) is 29.9 Å². The Morgan fingerprint density at radius 2 is 1.66 bits per heavy atom. The van der Waals surface area contributed by atoms with Crippen LogP contribution in [0.3, 0.4) is 0 Å². The van der Waals surface area contributed by atoms with Gasteiger partial charge in [0, 0.05) is 29.0 Å². The summed E-state index contributed by atoms with van der Waals surface area (Å²) in [5, 5.41) is 9.74. The molecule has 0 saturated heterocycles. The summed E-state index contributed by atoms with van der Waals surface area (Å²) in [6, 6.07) is 5.80. The number of anilines is 2. The van der Waals surface area contributed by atoms with Crippen LogP contribution >= 0.6 is 39.1 Å². The van der Waals surface area contributed by atoms with Gasteiger partial charge in [-0.05, 0) is 28.1 Å². The summed E-state index contributed by atoms with van der Waals surface area (Å²) in [7, 11) is 0. The molecule has 0 bridgehead atoms. The number of rotatable bonds is 1. The molecule has 0 radical (unpaired) electrons. The van der Waals surface area contributed by atoms with E-state index in [1.807, 2.05) is 0 Å². The van der Waals surface area contributed by atoms with E-state index >= 15 is 0 Å². The van der Waals surface area contributed by atoms with Crippen molar-refractivity contribution >= 4 is 50.8 Å². The number of hydrogen-bond donors (Lipinski definition) is 3. The number of aromatic nitrogens is 6. The average Bonchev–Trinajstić information content (AvgIpc) is 3.33. The lowest BCUT2D eigenvalue weighted by Crippen LogP contribution is -1.98. The van der Waals surface area contributed by atoms with Gasteiger partial charge in [-0.2, -0.15) is 10.2 Å². The zero-order chi connectivity index (χ0) is 21.4. The Balaban J connectivity index is 0.000000171. The Hall–Kier alpha value is -2.76. The molecule has 29 heavy (non-hydrogen) atoms. The zero-order valence-corrected chi connectivity index (χ0v) is 17.5. The normalized spacial score (nSPS) is 9.83. The highest BCUT2D eigenvalue weighted by Gasteiger charge is 2.04. The van der Waals surface area contributed by atoms with Gasteiger partial charge in [-0.15, -0.1) is 0 Å². The lowest BCUT2D eigenvalue weighted by Gasteiger charge is -2.00. The number of nitrogens with two attached hydrogens (primary N) is 2. The second-order valence-electron chi connectivity index (χ2n) is 5.09. The van der Waals surface area contributed by atoms with Gasteiger partial charge in [-0.3, -0.25) is 5.10 Å². The van der Waals surface area contributed by atoms with Crippen LogP contribution in [0.4, 0.5) is 20.4 Å². The van der Waals surface area contributed by atoms with Crippen molar-refractivity contribution in [3.63, 3.8) is 0 Å². The first-order chi connectivity index (χ1) is 13.8. The molecule has 0 unspecified atom stereocenters. The van der Waals surface area contributed by atoms with E-state index in [4.69, 9.17) is 34.7 Å². The molecule has 0 fully saturated rings. The summed E-state index contributed by atoms with van der Waals surface area (Å²) in [4.78, 5) is 7.17. The van der Waals surface area contributed by atoms with E-state index in [-0.39, 0.29) is 10.3 Å². The highest BCUT2D eigenvalue weighted by Crippen LogP contribution is 2.16. The highest BCUT2D eigenvalue weighted by atomic mass is 79.9. The molecule has 0 amide bonds. The zero-order valence-electron chi connectivity index (χ0n) is 14.4. The fourth-order valence-electron chi connectivity index (χ4n) is 1.68. The van der Waals surface area contributed by atoms with E-state index in [2.05, 4.69) is 41.2 Å². The molecular weight excluding hydrogens is 493 g/mol. The van der Waals surface area contributed by atoms with E-state index in [0.29, 0.717) is 21.8 Å². The summed E-state index contributed by atoms with van der Waals surface area (Å²) in [6.07, 6.45) is 6.07. The van der Waals surface area contributed by atoms with E-state index in [1.54, 1.807) is 24.5 Å². The molecule has 0 atom stereocenters. The third-order valence-electron chi connectivity index (χ3n) is 2.94. The molecule has 4 aromatic heterocycles. The van der Waals surface area contributed by atoms with Crippen LogP contribution in [0.5, 0.6) is 0 Å². The number of hydrogen-bond acceptors (Lipinski definition) is 6. The van der Waals surface area contributed by atoms with Gasteiger partial charge in [0.1, 0.15) is 11.6 Å². The molecule has 4 heterocycles. The molecule has 4 rings (SSSR count). The number of aromatic amines is 1. The molecular formula is C16H13BrCl2F2N8. The number of nitrogen functional groups attached to an aromatic ring is 2. The second kappa shape index (κ2) is 10.7. The third-order valence-corrected chi connectivity index (χ3v) is 3.93. The van der Waals surface area contributed by atoms with Crippen molar-refractivity contribution in [3.8, 4) is 5.69 Å². The first-order valence-electron chi connectivity index (χ1n) is 7.60. The number of halogens is 5. The largest absolute Gasteiger partial charge is 0.384 e. The maximum atomic E-state index is 13.0. The summed E-state index contributed by atoms with van der Waals surface area (Å²) in [5.74, 6) is -0.125. The van der Waals surface area contributed by atoms with Crippen LogP contribution in [0.1, 0.15) is 0 Å². The molecule has 0 spiro atoms. The van der Waals surface area contributed by atoms with Crippen LogP contribution in [0.2, 0.25) is 10.3 Å². The van der Waals surface area contributed by atoms with E-state index in [0.717, 1.165) is 0 Å². The van der Waals surface area contributed by atoms with Crippen LogP contribution in [0.15, 0.2) is 53.5 Å². The summed E-state index contributed by atoms with van der Waals surface area (Å²) in [6.45, 7) is 0. The Bertz CT molecular complexity index is 1060. The first kappa shape index (κ1) is 22.5. The van der Waals surface area contributed by atoms with Gasteiger partial charge >= 0.3 is 0 Å². The smallest absolute Gasteiger partial charge is 0.164 e. The average molecular weight is 506 g/mol. The quantitative estimate of drug-likeness (QED) is 0.332. The highest BCUT2D eigenvalue weighted by molar-refractivity contribution is 9.10. The Morgan fingerprint density at radius 1 is 1.00 bits per heavy atom. The van der Waals surface area contributed by atoms with Crippen LogP contribution in [-0.2, 0) is 0 Å². The van der Waals surface area contributed by atoms with Crippen molar-refractivity contribution in [3.05, 3.63) is 75.5 Å². The number of pyridine rings is 2. The molecule has 4 aromatic rings. The van der Waals surface area contributed by atoms with Crippen molar-refractivity contribution in [2.75, 3.05) is 11.5 Å². The number of nitrogens with one attached hydrogen (secondary N) is 1.